The SMILES string of the molecule is O=C(Nc1ccccc1-n1cccn1)NC1CCCCC1. The molecule has 1 aromatic heterocycles. The van der Waals surface area contributed by atoms with Crippen molar-refractivity contribution in [1.82, 2.24) is 15.1 Å². The van der Waals surface area contributed by atoms with Gasteiger partial charge in [0.25, 0.3) is 0 Å². The molecule has 5 heteroatoms. The van der Waals surface area contributed by atoms with Gasteiger partial charge >= 0.3 is 6.03 Å². The maximum Gasteiger partial charge on any atom is 0.319 e. The van der Waals surface area contributed by atoms with Crippen molar-refractivity contribution in [2.75, 3.05) is 5.32 Å². The van der Waals surface area contributed by atoms with Gasteiger partial charge in [0.05, 0.1) is 11.4 Å². The maximum atomic E-state index is 12.2. The largest absolute Gasteiger partial charge is 0.335 e. The van der Waals surface area contributed by atoms with Gasteiger partial charge in [-0.05, 0) is 31.0 Å². The molecule has 1 aliphatic carbocycles. The Morgan fingerprint density at radius 3 is 2.71 bits per heavy atom. The molecule has 2 aromatic rings. The zero-order chi connectivity index (χ0) is 14.5. The number of rotatable bonds is 3. The maximum absolute atomic E-state index is 12.2. The number of urea groups is 1. The van der Waals surface area contributed by atoms with Crippen molar-refractivity contribution in [3.8, 4) is 5.69 Å². The summed E-state index contributed by atoms with van der Waals surface area (Å²) in [6, 6.07) is 9.68. The molecule has 0 radical (unpaired) electrons. The Hall–Kier alpha value is -2.30. The molecule has 2 amide bonds. The Balaban J connectivity index is 1.68. The van der Waals surface area contributed by atoms with Gasteiger partial charge in [-0.1, -0.05) is 31.4 Å². The summed E-state index contributed by atoms with van der Waals surface area (Å²) >= 11 is 0. The topological polar surface area (TPSA) is 59.0 Å². The molecule has 0 aliphatic heterocycles. The van der Waals surface area contributed by atoms with E-state index in [4.69, 9.17) is 0 Å². The van der Waals surface area contributed by atoms with E-state index < -0.39 is 0 Å². The monoisotopic (exact) mass is 284 g/mol. The molecule has 21 heavy (non-hydrogen) atoms. The van der Waals surface area contributed by atoms with E-state index in [-0.39, 0.29) is 6.03 Å². The molecule has 5 nitrogen and oxygen atoms in total. The number of carbonyl (C=O) groups is 1. The predicted octanol–water partition coefficient (Wildman–Crippen LogP) is 3.33. The Kier molecular flexibility index (Phi) is 4.19. The number of para-hydroxylation sites is 2. The Labute approximate surface area is 124 Å². The lowest BCUT2D eigenvalue weighted by Crippen LogP contribution is -2.39. The third-order valence-corrected chi connectivity index (χ3v) is 3.84. The first-order valence-electron chi connectivity index (χ1n) is 7.49. The normalized spacial score (nSPS) is 15.6. The van der Waals surface area contributed by atoms with Crippen molar-refractivity contribution in [2.24, 2.45) is 0 Å². The van der Waals surface area contributed by atoms with Crippen LogP contribution >= 0.6 is 0 Å². The van der Waals surface area contributed by atoms with E-state index in [1.807, 2.05) is 36.5 Å². The summed E-state index contributed by atoms with van der Waals surface area (Å²) in [6.45, 7) is 0. The quantitative estimate of drug-likeness (QED) is 0.908. The van der Waals surface area contributed by atoms with Crippen molar-refractivity contribution >= 4 is 11.7 Å². The first-order valence-corrected chi connectivity index (χ1v) is 7.49. The summed E-state index contributed by atoms with van der Waals surface area (Å²) in [4.78, 5) is 12.2. The molecule has 1 aromatic carbocycles. The fourth-order valence-corrected chi connectivity index (χ4v) is 2.78. The smallest absolute Gasteiger partial charge is 0.319 e. The van der Waals surface area contributed by atoms with Crippen molar-refractivity contribution < 1.29 is 4.79 Å². The molecule has 110 valence electrons. The molecule has 0 bridgehead atoms. The molecule has 0 saturated heterocycles. The Morgan fingerprint density at radius 1 is 1.14 bits per heavy atom. The molecule has 0 spiro atoms. The first kappa shape index (κ1) is 13.7. The fourth-order valence-electron chi connectivity index (χ4n) is 2.78. The number of benzene rings is 1. The van der Waals surface area contributed by atoms with Crippen LogP contribution in [-0.2, 0) is 0 Å². The van der Waals surface area contributed by atoms with E-state index in [0.29, 0.717) is 6.04 Å². The summed E-state index contributed by atoms with van der Waals surface area (Å²) < 4.78 is 1.75. The summed E-state index contributed by atoms with van der Waals surface area (Å²) in [6.07, 6.45) is 9.42. The van der Waals surface area contributed by atoms with E-state index in [2.05, 4.69) is 15.7 Å². The van der Waals surface area contributed by atoms with Gasteiger partial charge < -0.3 is 10.6 Å². The predicted molar refractivity (Wildman–Crippen MR) is 82.6 cm³/mol. The number of nitrogens with one attached hydrogen (secondary N) is 2. The van der Waals surface area contributed by atoms with Gasteiger partial charge in [0.15, 0.2) is 0 Å². The number of hydrogen-bond donors (Lipinski definition) is 2. The number of anilines is 1. The third kappa shape index (κ3) is 3.42. The second-order valence-electron chi connectivity index (χ2n) is 5.40. The highest BCUT2D eigenvalue weighted by Gasteiger charge is 2.16. The highest BCUT2D eigenvalue weighted by atomic mass is 16.2. The third-order valence-electron chi connectivity index (χ3n) is 3.84. The van der Waals surface area contributed by atoms with Gasteiger partial charge in [-0.3, -0.25) is 0 Å². The van der Waals surface area contributed by atoms with Crippen molar-refractivity contribution in [3.63, 3.8) is 0 Å². The minimum absolute atomic E-state index is 0.137. The number of amides is 2. The van der Waals surface area contributed by atoms with Crippen molar-refractivity contribution in [2.45, 2.75) is 38.1 Å². The number of aromatic nitrogens is 2. The number of nitrogens with zero attached hydrogens (tertiary/aromatic N) is 2. The lowest BCUT2D eigenvalue weighted by Gasteiger charge is -2.23. The van der Waals surface area contributed by atoms with Gasteiger partial charge in [-0.15, -0.1) is 0 Å². The van der Waals surface area contributed by atoms with Crippen molar-refractivity contribution in [3.05, 3.63) is 42.7 Å². The lowest BCUT2D eigenvalue weighted by atomic mass is 9.96. The van der Waals surface area contributed by atoms with Crippen LogP contribution in [-0.4, -0.2) is 21.9 Å². The highest BCUT2D eigenvalue weighted by Crippen LogP contribution is 2.20. The molecule has 1 saturated carbocycles. The van der Waals surface area contributed by atoms with E-state index in [1.54, 1.807) is 10.9 Å². The second-order valence-corrected chi connectivity index (χ2v) is 5.40. The van der Waals surface area contributed by atoms with Gasteiger partial charge in [-0.25, -0.2) is 9.48 Å². The molecular formula is C16H20N4O. The fraction of sp³-hybridized carbons (Fsp3) is 0.375. The van der Waals surface area contributed by atoms with Crippen LogP contribution in [0.3, 0.4) is 0 Å². The lowest BCUT2D eigenvalue weighted by molar-refractivity contribution is 0.244. The minimum Gasteiger partial charge on any atom is -0.335 e. The van der Waals surface area contributed by atoms with Crippen LogP contribution in [0.2, 0.25) is 0 Å². The van der Waals surface area contributed by atoms with Crippen LogP contribution in [0.5, 0.6) is 0 Å². The summed E-state index contributed by atoms with van der Waals surface area (Å²) in [5, 5.41) is 10.2. The second kappa shape index (κ2) is 6.43. The van der Waals surface area contributed by atoms with Gasteiger partial charge in [0.1, 0.15) is 0 Å². The van der Waals surface area contributed by atoms with Crippen LogP contribution in [0, 0.1) is 0 Å². The van der Waals surface area contributed by atoms with E-state index >= 15 is 0 Å². The van der Waals surface area contributed by atoms with Crippen LogP contribution in [0.4, 0.5) is 10.5 Å². The van der Waals surface area contributed by atoms with Crippen LogP contribution in [0.25, 0.3) is 5.69 Å². The van der Waals surface area contributed by atoms with Crippen LogP contribution in [0.1, 0.15) is 32.1 Å². The summed E-state index contributed by atoms with van der Waals surface area (Å²) in [5.41, 5.74) is 1.62. The number of carbonyl (C=O) groups excluding carboxylic acids is 1. The van der Waals surface area contributed by atoms with E-state index in [9.17, 15) is 4.79 Å². The molecule has 0 atom stereocenters. The average molecular weight is 284 g/mol. The molecule has 1 heterocycles. The van der Waals surface area contributed by atoms with Crippen LogP contribution < -0.4 is 10.6 Å². The Morgan fingerprint density at radius 2 is 1.95 bits per heavy atom. The highest BCUT2D eigenvalue weighted by molar-refractivity contribution is 5.91. The molecule has 1 aliphatic rings. The summed E-state index contributed by atoms with van der Waals surface area (Å²) in [5.74, 6) is 0. The molecule has 2 N–H and O–H groups in total. The molecular weight excluding hydrogens is 264 g/mol. The van der Waals surface area contributed by atoms with E-state index in [0.717, 1.165) is 24.2 Å². The van der Waals surface area contributed by atoms with Gasteiger partial charge in [-0.2, -0.15) is 5.10 Å². The molecule has 3 rings (SSSR count). The Bertz CT molecular complexity index is 588. The summed E-state index contributed by atoms with van der Waals surface area (Å²) in [7, 11) is 0. The van der Waals surface area contributed by atoms with Gasteiger partial charge in [0, 0.05) is 18.4 Å². The van der Waals surface area contributed by atoms with Crippen molar-refractivity contribution in [1.29, 1.82) is 0 Å². The zero-order valence-corrected chi connectivity index (χ0v) is 12.0. The van der Waals surface area contributed by atoms with Gasteiger partial charge in [0.2, 0.25) is 0 Å². The standard InChI is InChI=1S/C16H20N4O/c21-16(18-13-7-2-1-3-8-13)19-14-9-4-5-10-15(14)20-12-6-11-17-20/h4-6,9-13H,1-3,7-8H2,(H2,18,19,21). The molecule has 1 fully saturated rings. The minimum atomic E-state index is -0.137. The number of hydrogen-bond acceptors (Lipinski definition) is 2. The van der Waals surface area contributed by atoms with E-state index in [1.165, 1.54) is 19.3 Å². The first-order chi connectivity index (χ1) is 10.3. The molecule has 0 unspecified atom stereocenters. The van der Waals surface area contributed by atoms with Crippen LogP contribution in [0.15, 0.2) is 42.7 Å². The average Bonchev–Trinajstić information content (AvgIpc) is 3.03. The zero-order valence-electron chi connectivity index (χ0n) is 12.0.